The minimum absolute atomic E-state index is 0.135. The summed E-state index contributed by atoms with van der Waals surface area (Å²) >= 11 is 1.87. The van der Waals surface area contributed by atoms with Gasteiger partial charge in [0.05, 0.1) is 13.2 Å². The number of nitrogens with two attached hydrogens (primary N) is 1. The molecule has 3 N–H and O–H groups in total. The van der Waals surface area contributed by atoms with E-state index in [0.29, 0.717) is 0 Å². The number of methoxy groups -OCH3 is 1. The van der Waals surface area contributed by atoms with Gasteiger partial charge in [-0.25, -0.2) is 0 Å². The van der Waals surface area contributed by atoms with Crippen molar-refractivity contribution in [2.75, 3.05) is 18.6 Å². The van der Waals surface area contributed by atoms with Crippen LogP contribution in [0.1, 0.15) is 29.7 Å². The maximum Gasteiger partial charge on any atom is 0.124 e. The first-order valence-electron chi connectivity index (χ1n) is 5.83. The first kappa shape index (κ1) is 14.4. The van der Waals surface area contributed by atoms with E-state index in [1.807, 2.05) is 11.8 Å². The van der Waals surface area contributed by atoms with E-state index >= 15 is 0 Å². The van der Waals surface area contributed by atoms with Crippen LogP contribution in [0.2, 0.25) is 0 Å². The van der Waals surface area contributed by atoms with E-state index in [0.717, 1.165) is 17.3 Å². The van der Waals surface area contributed by atoms with E-state index in [1.165, 1.54) is 16.7 Å². The maximum atomic E-state index is 5.66. The Morgan fingerprint density at radius 1 is 1.41 bits per heavy atom. The molecule has 0 fully saturated rings. The van der Waals surface area contributed by atoms with Crippen LogP contribution in [0.3, 0.4) is 0 Å². The number of thioether (sulfide) groups is 1. The molecule has 0 heterocycles. The smallest absolute Gasteiger partial charge is 0.124 e. The van der Waals surface area contributed by atoms with Crippen LogP contribution in [0.25, 0.3) is 0 Å². The molecule has 96 valence electrons. The quantitative estimate of drug-likeness (QED) is 0.605. The fourth-order valence-corrected chi connectivity index (χ4v) is 2.74. The van der Waals surface area contributed by atoms with Crippen molar-refractivity contribution >= 4 is 11.8 Å². The van der Waals surface area contributed by atoms with Crippen LogP contribution in [0.15, 0.2) is 12.1 Å². The second-order valence-electron chi connectivity index (χ2n) is 4.08. The summed E-state index contributed by atoms with van der Waals surface area (Å²) in [5.41, 5.74) is 6.49. The van der Waals surface area contributed by atoms with Crippen molar-refractivity contribution < 1.29 is 4.74 Å². The lowest BCUT2D eigenvalue weighted by molar-refractivity contribution is 0.402. The van der Waals surface area contributed by atoms with E-state index in [2.05, 4.69) is 38.3 Å². The van der Waals surface area contributed by atoms with Crippen molar-refractivity contribution in [3.05, 3.63) is 28.8 Å². The molecule has 0 amide bonds. The Kier molecular flexibility index (Phi) is 5.82. The highest BCUT2D eigenvalue weighted by Crippen LogP contribution is 2.31. The lowest BCUT2D eigenvalue weighted by atomic mass is 9.99. The molecule has 0 bridgehead atoms. The molecule has 3 nitrogen and oxygen atoms in total. The van der Waals surface area contributed by atoms with E-state index in [9.17, 15) is 0 Å². The minimum atomic E-state index is 0.135. The molecule has 1 aromatic rings. The molecule has 1 unspecified atom stereocenters. The largest absolute Gasteiger partial charge is 0.496 e. The Morgan fingerprint density at radius 2 is 2.12 bits per heavy atom. The number of ether oxygens (including phenoxy) is 1. The van der Waals surface area contributed by atoms with Crippen molar-refractivity contribution in [2.24, 2.45) is 5.84 Å². The van der Waals surface area contributed by atoms with E-state index in [1.54, 1.807) is 7.11 Å². The topological polar surface area (TPSA) is 47.3 Å². The van der Waals surface area contributed by atoms with Crippen molar-refractivity contribution in [3.8, 4) is 5.75 Å². The number of hydrazine groups is 1. The van der Waals surface area contributed by atoms with Crippen LogP contribution in [0.5, 0.6) is 5.75 Å². The molecule has 0 aliphatic heterocycles. The summed E-state index contributed by atoms with van der Waals surface area (Å²) in [6.07, 6.45) is 0. The number of nitrogens with one attached hydrogen (secondary N) is 1. The molecule has 0 aliphatic carbocycles. The molecular weight excluding hydrogens is 232 g/mol. The van der Waals surface area contributed by atoms with Gasteiger partial charge in [0.25, 0.3) is 0 Å². The Morgan fingerprint density at radius 3 is 2.65 bits per heavy atom. The van der Waals surface area contributed by atoms with E-state index in [-0.39, 0.29) is 6.04 Å². The molecule has 1 rings (SSSR count). The summed E-state index contributed by atoms with van der Waals surface area (Å²) in [7, 11) is 1.71. The lowest BCUT2D eigenvalue weighted by Gasteiger charge is -2.21. The first-order valence-corrected chi connectivity index (χ1v) is 6.98. The Balaban J connectivity index is 3.08. The second-order valence-corrected chi connectivity index (χ2v) is 5.40. The van der Waals surface area contributed by atoms with Gasteiger partial charge in [-0.3, -0.25) is 11.3 Å². The molecule has 0 aromatic heterocycles. The zero-order valence-electron chi connectivity index (χ0n) is 11.0. The van der Waals surface area contributed by atoms with E-state index < -0.39 is 0 Å². The number of rotatable bonds is 6. The van der Waals surface area contributed by atoms with Crippen LogP contribution in [-0.4, -0.2) is 18.6 Å². The molecule has 0 aliphatic rings. The third kappa shape index (κ3) is 3.63. The maximum absolute atomic E-state index is 5.66. The normalized spacial score (nSPS) is 12.5. The summed E-state index contributed by atoms with van der Waals surface area (Å²) in [5.74, 6) is 8.62. The first-order chi connectivity index (χ1) is 8.13. The Labute approximate surface area is 108 Å². The summed E-state index contributed by atoms with van der Waals surface area (Å²) in [6.45, 7) is 6.33. The van der Waals surface area contributed by atoms with Gasteiger partial charge in [0.1, 0.15) is 5.75 Å². The van der Waals surface area contributed by atoms with Crippen molar-refractivity contribution in [2.45, 2.75) is 26.8 Å². The monoisotopic (exact) mass is 254 g/mol. The summed E-state index contributed by atoms with van der Waals surface area (Å²) in [4.78, 5) is 0. The van der Waals surface area contributed by atoms with Crippen LogP contribution in [0.4, 0.5) is 0 Å². The molecule has 0 radical (unpaired) electrons. The Bertz CT molecular complexity index is 369. The number of hydrogen-bond donors (Lipinski definition) is 2. The highest BCUT2D eigenvalue weighted by Gasteiger charge is 2.17. The van der Waals surface area contributed by atoms with Gasteiger partial charge in [-0.15, -0.1) is 0 Å². The van der Waals surface area contributed by atoms with Gasteiger partial charge in [0, 0.05) is 11.3 Å². The van der Waals surface area contributed by atoms with E-state index in [4.69, 9.17) is 10.6 Å². The molecule has 1 atom stereocenters. The minimum Gasteiger partial charge on any atom is -0.496 e. The lowest BCUT2D eigenvalue weighted by Crippen LogP contribution is -2.30. The zero-order chi connectivity index (χ0) is 12.8. The van der Waals surface area contributed by atoms with Crippen molar-refractivity contribution in [1.82, 2.24) is 5.43 Å². The van der Waals surface area contributed by atoms with Gasteiger partial charge in [-0.05, 0) is 36.8 Å². The van der Waals surface area contributed by atoms with Gasteiger partial charge in [0.2, 0.25) is 0 Å². The molecule has 1 aromatic carbocycles. The molecule has 4 heteroatoms. The Hall–Kier alpha value is -0.710. The van der Waals surface area contributed by atoms with Crippen LogP contribution >= 0.6 is 11.8 Å². The predicted molar refractivity (Wildman–Crippen MR) is 75.5 cm³/mol. The average molecular weight is 254 g/mol. The standard InChI is InChI=1S/C13H22N2OS/c1-5-17-8-11(15-14)13-10(3)6-9(2)7-12(13)16-4/h6-7,11,15H,5,8,14H2,1-4H3. The third-order valence-electron chi connectivity index (χ3n) is 2.75. The van der Waals surface area contributed by atoms with Gasteiger partial charge in [0.15, 0.2) is 0 Å². The number of benzene rings is 1. The SMILES string of the molecule is CCSCC(NN)c1c(C)cc(C)cc1OC. The summed E-state index contributed by atoms with van der Waals surface area (Å²) < 4.78 is 5.46. The van der Waals surface area contributed by atoms with Crippen molar-refractivity contribution in [3.63, 3.8) is 0 Å². The number of aryl methyl sites for hydroxylation is 2. The number of hydrogen-bond acceptors (Lipinski definition) is 4. The van der Waals surface area contributed by atoms with Gasteiger partial charge in [-0.1, -0.05) is 13.0 Å². The molecule has 17 heavy (non-hydrogen) atoms. The highest BCUT2D eigenvalue weighted by molar-refractivity contribution is 7.99. The van der Waals surface area contributed by atoms with Crippen LogP contribution < -0.4 is 16.0 Å². The van der Waals surface area contributed by atoms with Crippen LogP contribution in [-0.2, 0) is 0 Å². The highest BCUT2D eigenvalue weighted by atomic mass is 32.2. The zero-order valence-corrected chi connectivity index (χ0v) is 11.9. The summed E-state index contributed by atoms with van der Waals surface area (Å²) in [5, 5.41) is 0. The fourth-order valence-electron chi connectivity index (χ4n) is 2.01. The third-order valence-corrected chi connectivity index (χ3v) is 3.73. The van der Waals surface area contributed by atoms with Gasteiger partial charge >= 0.3 is 0 Å². The molecular formula is C13H22N2OS. The van der Waals surface area contributed by atoms with Crippen LogP contribution in [0, 0.1) is 13.8 Å². The molecule has 0 spiro atoms. The van der Waals surface area contributed by atoms with Gasteiger partial charge in [-0.2, -0.15) is 11.8 Å². The molecule has 0 saturated carbocycles. The molecule has 0 saturated heterocycles. The fraction of sp³-hybridized carbons (Fsp3) is 0.538. The average Bonchev–Trinajstić information content (AvgIpc) is 2.31. The van der Waals surface area contributed by atoms with Crippen molar-refractivity contribution in [1.29, 1.82) is 0 Å². The predicted octanol–water partition coefficient (Wildman–Crippen LogP) is 2.57. The van der Waals surface area contributed by atoms with Gasteiger partial charge < -0.3 is 4.74 Å². The summed E-state index contributed by atoms with van der Waals surface area (Å²) in [6, 6.07) is 4.36. The second kappa shape index (κ2) is 6.89.